The molecule has 1 fully saturated rings. The number of benzene rings is 1. The zero-order valence-corrected chi connectivity index (χ0v) is 12.3. The van der Waals surface area contributed by atoms with E-state index in [0.717, 1.165) is 25.7 Å². The number of hydrogen-bond donors (Lipinski definition) is 1. The summed E-state index contributed by atoms with van der Waals surface area (Å²) < 4.78 is 11.3. The van der Waals surface area contributed by atoms with Gasteiger partial charge in [-0.3, -0.25) is 10.1 Å². The molecule has 0 aromatic heterocycles. The van der Waals surface area contributed by atoms with Gasteiger partial charge in [0.25, 0.3) is 0 Å². The normalized spacial score (nSPS) is 21.2. The molecule has 0 radical (unpaired) electrons. The minimum atomic E-state index is -0.438. The van der Waals surface area contributed by atoms with Crippen molar-refractivity contribution in [1.29, 1.82) is 0 Å². The molecule has 1 aromatic rings. The molecule has 6 heteroatoms. The van der Waals surface area contributed by atoms with Gasteiger partial charge in [0.05, 0.1) is 11.5 Å². The van der Waals surface area contributed by atoms with E-state index in [-0.39, 0.29) is 29.2 Å². The predicted molar refractivity (Wildman–Crippen MR) is 79.7 cm³/mol. The molecule has 2 atom stereocenters. The molecule has 2 rings (SSSR count). The summed E-state index contributed by atoms with van der Waals surface area (Å²) in [5.41, 5.74) is 5.64. The van der Waals surface area contributed by atoms with Gasteiger partial charge in [-0.25, -0.2) is 0 Å². The lowest BCUT2D eigenvalue weighted by Gasteiger charge is -2.20. The van der Waals surface area contributed by atoms with Gasteiger partial charge in [-0.2, -0.15) is 0 Å². The Morgan fingerprint density at radius 1 is 1.38 bits per heavy atom. The summed E-state index contributed by atoms with van der Waals surface area (Å²) in [6.07, 6.45) is 3.70. The number of ether oxygens (including phenoxy) is 2. The monoisotopic (exact) mass is 294 g/mol. The van der Waals surface area contributed by atoms with E-state index in [4.69, 9.17) is 15.2 Å². The maximum absolute atomic E-state index is 11.4. The van der Waals surface area contributed by atoms with Gasteiger partial charge in [-0.1, -0.05) is 13.0 Å². The molecule has 0 spiro atoms. The average molecular weight is 294 g/mol. The minimum Gasteiger partial charge on any atom is -0.487 e. The van der Waals surface area contributed by atoms with Crippen LogP contribution in [-0.2, 0) is 0 Å². The highest BCUT2D eigenvalue weighted by Crippen LogP contribution is 2.39. The van der Waals surface area contributed by atoms with Crippen molar-refractivity contribution in [3.8, 4) is 11.5 Å². The zero-order valence-electron chi connectivity index (χ0n) is 12.3. The minimum absolute atomic E-state index is 0.0462. The van der Waals surface area contributed by atoms with E-state index in [1.807, 2.05) is 6.92 Å². The summed E-state index contributed by atoms with van der Waals surface area (Å²) in [5, 5.41) is 11.4. The third-order valence-electron chi connectivity index (χ3n) is 3.78. The predicted octanol–water partition coefficient (Wildman–Crippen LogP) is 2.89. The molecule has 0 saturated heterocycles. The first-order valence-electron chi connectivity index (χ1n) is 7.44. The Hall–Kier alpha value is -1.82. The standard InChI is InChI=1S/C15H22N2O4/c1-2-9-20-13-7-4-8-14(15(13)17(18)19)21-12-6-3-5-11(12)10-16/h4,7-8,11-12H,2-3,5-6,9-10,16H2,1H3. The van der Waals surface area contributed by atoms with Crippen molar-refractivity contribution < 1.29 is 14.4 Å². The largest absolute Gasteiger partial charge is 0.487 e. The zero-order chi connectivity index (χ0) is 15.2. The van der Waals surface area contributed by atoms with E-state index in [1.165, 1.54) is 0 Å². The maximum atomic E-state index is 11.4. The van der Waals surface area contributed by atoms with Crippen LogP contribution in [-0.4, -0.2) is 24.2 Å². The van der Waals surface area contributed by atoms with E-state index in [1.54, 1.807) is 18.2 Å². The van der Waals surface area contributed by atoms with Gasteiger partial charge < -0.3 is 15.2 Å². The molecular weight excluding hydrogens is 272 g/mol. The van der Waals surface area contributed by atoms with Crippen LogP contribution in [0.4, 0.5) is 5.69 Å². The Balaban J connectivity index is 2.23. The van der Waals surface area contributed by atoms with Crippen LogP contribution in [0.1, 0.15) is 32.6 Å². The van der Waals surface area contributed by atoms with Gasteiger partial charge in [-0.15, -0.1) is 0 Å². The molecule has 6 nitrogen and oxygen atoms in total. The van der Waals surface area contributed by atoms with Crippen LogP contribution in [0.3, 0.4) is 0 Å². The van der Waals surface area contributed by atoms with Gasteiger partial charge in [-0.05, 0) is 44.4 Å². The topological polar surface area (TPSA) is 87.6 Å². The second-order valence-electron chi connectivity index (χ2n) is 5.29. The van der Waals surface area contributed by atoms with Crippen LogP contribution in [0.25, 0.3) is 0 Å². The van der Waals surface area contributed by atoms with Gasteiger partial charge in [0.1, 0.15) is 6.10 Å². The lowest BCUT2D eigenvalue weighted by Crippen LogP contribution is -2.27. The number of rotatable bonds is 7. The molecule has 0 amide bonds. The van der Waals surface area contributed by atoms with E-state index >= 15 is 0 Å². The summed E-state index contributed by atoms with van der Waals surface area (Å²) in [5.74, 6) is 0.811. The molecule has 0 bridgehead atoms. The molecule has 116 valence electrons. The SMILES string of the molecule is CCCOc1cccc(OC2CCCC2CN)c1[N+](=O)[O-]. The van der Waals surface area contributed by atoms with Crippen LogP contribution in [0.5, 0.6) is 11.5 Å². The highest BCUT2D eigenvalue weighted by Gasteiger charge is 2.31. The van der Waals surface area contributed by atoms with Crippen LogP contribution in [0, 0.1) is 16.0 Å². The van der Waals surface area contributed by atoms with Crippen LogP contribution in [0.15, 0.2) is 18.2 Å². The van der Waals surface area contributed by atoms with E-state index in [2.05, 4.69) is 0 Å². The van der Waals surface area contributed by atoms with Crippen molar-refractivity contribution in [3.63, 3.8) is 0 Å². The first kappa shape index (κ1) is 15.6. The van der Waals surface area contributed by atoms with Crippen LogP contribution < -0.4 is 15.2 Å². The third kappa shape index (κ3) is 3.64. The Morgan fingerprint density at radius 3 is 2.81 bits per heavy atom. The quantitative estimate of drug-likeness (QED) is 0.617. The van der Waals surface area contributed by atoms with Crippen molar-refractivity contribution in [1.82, 2.24) is 0 Å². The summed E-state index contributed by atoms with van der Waals surface area (Å²) in [6.45, 7) is 2.94. The van der Waals surface area contributed by atoms with E-state index in [9.17, 15) is 10.1 Å². The van der Waals surface area contributed by atoms with Crippen LogP contribution >= 0.6 is 0 Å². The van der Waals surface area contributed by atoms with Crippen molar-refractivity contribution in [2.75, 3.05) is 13.2 Å². The van der Waals surface area contributed by atoms with Crippen LogP contribution in [0.2, 0.25) is 0 Å². The fourth-order valence-corrected chi connectivity index (χ4v) is 2.70. The summed E-state index contributed by atoms with van der Waals surface area (Å²) in [4.78, 5) is 10.9. The summed E-state index contributed by atoms with van der Waals surface area (Å²) in [7, 11) is 0. The summed E-state index contributed by atoms with van der Waals surface area (Å²) >= 11 is 0. The molecule has 1 aliphatic carbocycles. The number of nitro benzene ring substituents is 1. The number of nitrogens with two attached hydrogens (primary N) is 1. The second-order valence-corrected chi connectivity index (χ2v) is 5.29. The average Bonchev–Trinajstić information content (AvgIpc) is 2.92. The highest BCUT2D eigenvalue weighted by atomic mass is 16.6. The fourth-order valence-electron chi connectivity index (χ4n) is 2.70. The van der Waals surface area contributed by atoms with Crippen molar-refractivity contribution in [3.05, 3.63) is 28.3 Å². The van der Waals surface area contributed by atoms with E-state index < -0.39 is 4.92 Å². The Bertz CT molecular complexity index is 493. The Kier molecular flexibility index (Phi) is 5.38. The second kappa shape index (κ2) is 7.26. The molecule has 1 aromatic carbocycles. The van der Waals surface area contributed by atoms with Crippen molar-refractivity contribution in [2.45, 2.75) is 38.7 Å². The van der Waals surface area contributed by atoms with Gasteiger partial charge in [0, 0.05) is 5.92 Å². The van der Waals surface area contributed by atoms with Crippen molar-refractivity contribution in [2.24, 2.45) is 11.7 Å². The first-order chi connectivity index (χ1) is 10.2. The molecule has 0 heterocycles. The first-order valence-corrected chi connectivity index (χ1v) is 7.44. The fraction of sp³-hybridized carbons (Fsp3) is 0.600. The smallest absolute Gasteiger partial charge is 0.352 e. The summed E-state index contributed by atoms with van der Waals surface area (Å²) in [6, 6.07) is 4.96. The third-order valence-corrected chi connectivity index (χ3v) is 3.78. The maximum Gasteiger partial charge on any atom is 0.352 e. The van der Waals surface area contributed by atoms with Gasteiger partial charge in [0.15, 0.2) is 0 Å². The van der Waals surface area contributed by atoms with Gasteiger partial charge >= 0.3 is 5.69 Å². The van der Waals surface area contributed by atoms with E-state index in [0.29, 0.717) is 13.2 Å². The number of para-hydroxylation sites is 1. The lowest BCUT2D eigenvalue weighted by molar-refractivity contribution is -0.387. The lowest BCUT2D eigenvalue weighted by atomic mass is 10.1. The molecule has 2 unspecified atom stereocenters. The number of nitrogens with zero attached hydrogens (tertiary/aromatic N) is 1. The molecule has 1 saturated carbocycles. The molecular formula is C15H22N2O4. The Morgan fingerprint density at radius 2 is 2.14 bits per heavy atom. The molecule has 2 N–H and O–H groups in total. The molecule has 0 aliphatic heterocycles. The molecule has 1 aliphatic rings. The highest BCUT2D eigenvalue weighted by molar-refractivity contribution is 5.57. The number of hydrogen-bond acceptors (Lipinski definition) is 5. The Labute approximate surface area is 124 Å². The number of nitro groups is 1. The molecule has 21 heavy (non-hydrogen) atoms. The van der Waals surface area contributed by atoms with Gasteiger partial charge in [0.2, 0.25) is 11.5 Å². The van der Waals surface area contributed by atoms with Crippen molar-refractivity contribution >= 4 is 5.69 Å².